The van der Waals surface area contributed by atoms with Crippen LogP contribution in [-0.2, 0) is 19.7 Å². The third-order valence-corrected chi connectivity index (χ3v) is 5.26. The van der Waals surface area contributed by atoms with E-state index in [0.717, 1.165) is 37.7 Å². The van der Waals surface area contributed by atoms with Crippen LogP contribution in [0.5, 0.6) is 0 Å². The molecule has 1 saturated carbocycles. The van der Waals surface area contributed by atoms with Crippen molar-refractivity contribution in [2.75, 3.05) is 6.54 Å². The Labute approximate surface area is 183 Å². The van der Waals surface area contributed by atoms with Crippen molar-refractivity contribution in [1.29, 1.82) is 0 Å². The van der Waals surface area contributed by atoms with E-state index in [-0.39, 0.29) is 18.0 Å². The maximum atomic E-state index is 12.2. The summed E-state index contributed by atoms with van der Waals surface area (Å²) in [5.74, 6) is -1.90. The van der Waals surface area contributed by atoms with E-state index < -0.39 is 29.9 Å². The van der Waals surface area contributed by atoms with Gasteiger partial charge in [0.15, 0.2) is 6.10 Å². The van der Waals surface area contributed by atoms with Gasteiger partial charge in [-0.2, -0.15) is 0 Å². The van der Waals surface area contributed by atoms with E-state index in [1.165, 1.54) is 6.92 Å². The Bertz CT molecular complexity index is 792. The Morgan fingerprint density at radius 2 is 1.65 bits per heavy atom. The molecule has 4 amide bonds. The highest BCUT2D eigenvalue weighted by atomic mass is 16.5. The fourth-order valence-corrected chi connectivity index (χ4v) is 3.35. The number of hydrogen-bond donors (Lipinski definition) is 3. The molecule has 0 radical (unpaired) electrons. The molecule has 31 heavy (non-hydrogen) atoms. The van der Waals surface area contributed by atoms with Gasteiger partial charge in [-0.05, 0) is 42.9 Å². The van der Waals surface area contributed by atoms with Crippen LogP contribution in [0.1, 0.15) is 75.7 Å². The summed E-state index contributed by atoms with van der Waals surface area (Å²) in [6.45, 7) is 7.22. The number of carbonyl (C=O) groups excluding carboxylic acids is 4. The van der Waals surface area contributed by atoms with Gasteiger partial charge < -0.3 is 15.4 Å². The highest BCUT2D eigenvalue weighted by Gasteiger charge is 2.22. The quantitative estimate of drug-likeness (QED) is 0.600. The van der Waals surface area contributed by atoms with Crippen LogP contribution in [0, 0.1) is 0 Å². The molecule has 2 rings (SSSR count). The van der Waals surface area contributed by atoms with Crippen LogP contribution >= 0.6 is 0 Å². The van der Waals surface area contributed by atoms with E-state index in [1.807, 2.05) is 12.1 Å². The molecule has 0 spiro atoms. The molecule has 170 valence electrons. The largest absolute Gasteiger partial charge is 0.451 e. The molecule has 1 aromatic rings. The number of hydrogen-bond acceptors (Lipinski definition) is 5. The molecular formula is C23H33N3O5. The number of nitrogens with one attached hydrogen (secondary N) is 3. The fourth-order valence-electron chi connectivity index (χ4n) is 3.35. The van der Waals surface area contributed by atoms with Crippen molar-refractivity contribution in [2.24, 2.45) is 0 Å². The average Bonchev–Trinajstić information content (AvgIpc) is 2.72. The third-order valence-electron chi connectivity index (χ3n) is 5.26. The molecule has 1 fully saturated rings. The van der Waals surface area contributed by atoms with Crippen LogP contribution in [0.25, 0.3) is 0 Å². The molecule has 1 aromatic carbocycles. The van der Waals surface area contributed by atoms with E-state index in [4.69, 9.17) is 4.74 Å². The molecule has 0 heterocycles. The summed E-state index contributed by atoms with van der Waals surface area (Å²) in [6, 6.07) is 6.61. The summed E-state index contributed by atoms with van der Waals surface area (Å²) >= 11 is 0. The van der Waals surface area contributed by atoms with Crippen molar-refractivity contribution in [3.8, 4) is 0 Å². The Balaban J connectivity index is 1.73. The lowest BCUT2D eigenvalue weighted by Crippen LogP contribution is -2.48. The summed E-state index contributed by atoms with van der Waals surface area (Å²) in [5, 5.41) is 7.42. The van der Waals surface area contributed by atoms with Crippen LogP contribution in [0.3, 0.4) is 0 Å². The lowest BCUT2D eigenvalue weighted by molar-refractivity contribution is -0.153. The Kier molecular flexibility index (Phi) is 8.59. The number of urea groups is 1. The van der Waals surface area contributed by atoms with Gasteiger partial charge in [-0.25, -0.2) is 4.79 Å². The van der Waals surface area contributed by atoms with Gasteiger partial charge in [-0.1, -0.05) is 52.2 Å². The number of esters is 1. The Morgan fingerprint density at radius 1 is 1.03 bits per heavy atom. The second kappa shape index (κ2) is 10.9. The van der Waals surface area contributed by atoms with Gasteiger partial charge >= 0.3 is 12.0 Å². The van der Waals surface area contributed by atoms with Gasteiger partial charge in [0.1, 0.15) is 6.54 Å². The molecule has 0 saturated heterocycles. The second-order valence-electron chi connectivity index (χ2n) is 8.94. The molecule has 3 N–H and O–H groups in total. The zero-order chi connectivity index (χ0) is 23.0. The smallest absolute Gasteiger partial charge is 0.326 e. The number of benzene rings is 1. The minimum atomic E-state index is -1.16. The molecule has 0 bridgehead atoms. The van der Waals surface area contributed by atoms with Crippen molar-refractivity contribution in [3.05, 3.63) is 35.4 Å². The van der Waals surface area contributed by atoms with E-state index in [0.29, 0.717) is 5.56 Å². The van der Waals surface area contributed by atoms with Gasteiger partial charge in [0.25, 0.3) is 11.8 Å². The van der Waals surface area contributed by atoms with Crippen molar-refractivity contribution < 1.29 is 23.9 Å². The molecule has 1 atom stereocenters. The molecule has 1 aliphatic rings. The summed E-state index contributed by atoms with van der Waals surface area (Å²) in [6.07, 6.45) is 3.89. The van der Waals surface area contributed by atoms with Crippen LogP contribution < -0.4 is 16.0 Å². The van der Waals surface area contributed by atoms with Crippen LogP contribution in [0.15, 0.2) is 24.3 Å². The van der Waals surface area contributed by atoms with Gasteiger partial charge in [0.2, 0.25) is 0 Å². The molecule has 8 nitrogen and oxygen atoms in total. The predicted molar refractivity (Wildman–Crippen MR) is 117 cm³/mol. The van der Waals surface area contributed by atoms with E-state index >= 15 is 0 Å². The zero-order valence-corrected chi connectivity index (χ0v) is 18.7. The van der Waals surface area contributed by atoms with Crippen molar-refractivity contribution in [1.82, 2.24) is 16.0 Å². The maximum absolute atomic E-state index is 12.2. The second-order valence-corrected chi connectivity index (χ2v) is 8.94. The van der Waals surface area contributed by atoms with Crippen molar-refractivity contribution in [3.63, 3.8) is 0 Å². The molecular weight excluding hydrogens is 398 g/mol. The normalized spacial score (nSPS) is 15.5. The molecule has 0 aromatic heterocycles. The topological polar surface area (TPSA) is 114 Å². The fraction of sp³-hybridized carbons (Fsp3) is 0.565. The monoisotopic (exact) mass is 431 g/mol. The van der Waals surface area contributed by atoms with Gasteiger partial charge in [-0.15, -0.1) is 0 Å². The highest BCUT2D eigenvalue weighted by Crippen LogP contribution is 2.22. The first-order valence-electron chi connectivity index (χ1n) is 10.8. The maximum Gasteiger partial charge on any atom is 0.326 e. The lowest BCUT2D eigenvalue weighted by Gasteiger charge is -2.23. The molecule has 8 heteroatoms. The Hall–Kier alpha value is -2.90. The molecule has 0 aliphatic heterocycles. The number of rotatable bonds is 6. The van der Waals surface area contributed by atoms with Crippen LogP contribution in [-0.4, -0.2) is 42.5 Å². The van der Waals surface area contributed by atoms with Gasteiger partial charge in [0, 0.05) is 11.6 Å². The van der Waals surface area contributed by atoms with E-state index in [1.54, 1.807) is 12.1 Å². The molecule has 0 unspecified atom stereocenters. The summed E-state index contributed by atoms with van der Waals surface area (Å²) in [7, 11) is 0. The lowest BCUT2D eigenvalue weighted by atomic mass is 9.87. The van der Waals surface area contributed by atoms with Crippen LogP contribution in [0.2, 0.25) is 0 Å². The standard InChI is InChI=1S/C23H33N3O5/c1-15(20(28)26-22(30)25-18-8-6-5-7-9-18)31-19(27)14-24-21(29)16-10-12-17(13-11-16)23(2,3)4/h10-13,15,18H,5-9,14H2,1-4H3,(H,24,29)(H2,25,26,28,30)/t15-/m1/s1. The third kappa shape index (κ3) is 8.03. The first-order chi connectivity index (χ1) is 14.6. The number of amides is 4. The Morgan fingerprint density at radius 3 is 2.23 bits per heavy atom. The van der Waals surface area contributed by atoms with Crippen LogP contribution in [0.4, 0.5) is 4.79 Å². The summed E-state index contributed by atoms with van der Waals surface area (Å²) < 4.78 is 5.01. The SMILES string of the molecule is C[C@@H](OC(=O)CNC(=O)c1ccc(C(C)(C)C)cc1)C(=O)NC(=O)NC1CCCCC1. The minimum Gasteiger partial charge on any atom is -0.451 e. The first-order valence-corrected chi connectivity index (χ1v) is 10.8. The van der Waals surface area contributed by atoms with Crippen molar-refractivity contribution >= 4 is 23.8 Å². The first kappa shape index (κ1) is 24.4. The zero-order valence-electron chi connectivity index (χ0n) is 18.7. The summed E-state index contributed by atoms with van der Waals surface area (Å²) in [5.41, 5.74) is 1.49. The van der Waals surface area contributed by atoms with Gasteiger partial charge in [-0.3, -0.25) is 19.7 Å². The molecule has 1 aliphatic carbocycles. The number of imide groups is 1. The number of carbonyl (C=O) groups is 4. The van der Waals surface area contributed by atoms with Crippen molar-refractivity contribution in [2.45, 2.75) is 77.4 Å². The van der Waals surface area contributed by atoms with E-state index in [9.17, 15) is 19.2 Å². The number of ether oxygens (including phenoxy) is 1. The minimum absolute atomic E-state index is 0.0250. The van der Waals surface area contributed by atoms with Gasteiger partial charge in [0.05, 0.1) is 0 Å². The summed E-state index contributed by atoms with van der Waals surface area (Å²) in [4.78, 5) is 48.2. The van der Waals surface area contributed by atoms with E-state index in [2.05, 4.69) is 36.7 Å². The predicted octanol–water partition coefficient (Wildman–Crippen LogP) is 2.80. The highest BCUT2D eigenvalue weighted by molar-refractivity contribution is 5.98. The average molecular weight is 432 g/mol.